The Morgan fingerprint density at radius 2 is 1.92 bits per heavy atom. The smallest absolute Gasteiger partial charge is 0.275 e. The highest BCUT2D eigenvalue weighted by Gasteiger charge is 2.20. The first kappa shape index (κ1) is 18.4. The summed E-state index contributed by atoms with van der Waals surface area (Å²) in [5.41, 5.74) is 2.32. The molecule has 0 aliphatic rings. The zero-order chi connectivity index (χ0) is 17.5. The maximum atomic E-state index is 12.3. The van der Waals surface area contributed by atoms with E-state index >= 15 is 0 Å². The Hall–Kier alpha value is -1.98. The predicted molar refractivity (Wildman–Crippen MR) is 97.3 cm³/mol. The van der Waals surface area contributed by atoms with E-state index in [9.17, 15) is 9.59 Å². The molecule has 1 aromatic carbocycles. The fourth-order valence-electron chi connectivity index (χ4n) is 2.59. The molecule has 2 atom stereocenters. The summed E-state index contributed by atoms with van der Waals surface area (Å²) in [4.78, 5) is 26.6. The van der Waals surface area contributed by atoms with Crippen molar-refractivity contribution >= 4 is 23.0 Å². The molecule has 2 aromatic rings. The molecule has 0 saturated carbocycles. The van der Waals surface area contributed by atoms with Crippen molar-refractivity contribution in [1.82, 2.24) is 5.32 Å². The van der Waals surface area contributed by atoms with E-state index in [4.69, 9.17) is 0 Å². The Bertz CT molecular complexity index is 682. The summed E-state index contributed by atoms with van der Waals surface area (Å²) in [7, 11) is 2.00. The first-order chi connectivity index (χ1) is 11.5. The minimum atomic E-state index is -0.462. The van der Waals surface area contributed by atoms with E-state index in [1.54, 1.807) is 11.3 Å². The summed E-state index contributed by atoms with van der Waals surface area (Å²) in [6.45, 7) is 4.79. The number of amides is 1. The maximum Gasteiger partial charge on any atom is 0.275 e. The summed E-state index contributed by atoms with van der Waals surface area (Å²) in [6, 6.07) is 11.4. The van der Waals surface area contributed by atoms with Gasteiger partial charge in [-0.2, -0.15) is 0 Å². The normalized spacial score (nSPS) is 13.3. The molecular weight excluding hydrogens is 320 g/mol. The van der Waals surface area contributed by atoms with E-state index in [1.165, 1.54) is 17.4 Å². The lowest BCUT2D eigenvalue weighted by Gasteiger charge is -2.18. The summed E-state index contributed by atoms with van der Waals surface area (Å²) >= 11 is 1.72. The van der Waals surface area contributed by atoms with Gasteiger partial charge in [-0.25, -0.2) is 0 Å². The van der Waals surface area contributed by atoms with Crippen molar-refractivity contribution in [2.75, 3.05) is 13.6 Å². The van der Waals surface area contributed by atoms with Crippen LogP contribution >= 0.6 is 11.3 Å². The summed E-state index contributed by atoms with van der Waals surface area (Å²) in [6.07, 6.45) is 0.533. The molecule has 0 aliphatic carbocycles. The number of likely N-dealkylation sites (N-methyl/N-ethyl adjacent to an activating group) is 1. The van der Waals surface area contributed by atoms with Crippen LogP contribution in [0.5, 0.6) is 0 Å². The average molecular weight is 345 g/mol. The van der Waals surface area contributed by atoms with E-state index in [2.05, 4.69) is 23.7 Å². The van der Waals surface area contributed by atoms with Gasteiger partial charge in [-0.1, -0.05) is 30.3 Å². The SMILES string of the molecule is CC(=O)[C@@H](Cc1ccccc1)NC(=O)C[NH+](C)Cc1sccc1C. The molecule has 1 heterocycles. The third kappa shape index (κ3) is 5.58. The van der Waals surface area contributed by atoms with Crippen molar-refractivity contribution in [3.8, 4) is 0 Å². The Labute approximate surface area is 147 Å². The molecule has 2 rings (SSSR count). The second-order valence-electron chi connectivity index (χ2n) is 6.26. The van der Waals surface area contributed by atoms with Crippen molar-refractivity contribution in [1.29, 1.82) is 0 Å². The summed E-state index contributed by atoms with van der Waals surface area (Å²) < 4.78 is 0. The topological polar surface area (TPSA) is 50.6 Å². The number of aryl methyl sites for hydroxylation is 1. The van der Waals surface area contributed by atoms with E-state index in [-0.39, 0.29) is 11.7 Å². The van der Waals surface area contributed by atoms with Gasteiger partial charge in [0.1, 0.15) is 6.54 Å². The quantitative estimate of drug-likeness (QED) is 0.760. The zero-order valence-electron chi connectivity index (χ0n) is 14.5. The fraction of sp³-hybridized carbons (Fsp3) is 0.368. The number of carbonyl (C=O) groups is 2. The number of Topliss-reactive ketones (excluding diaryl/α,β-unsaturated/α-hetero) is 1. The lowest BCUT2D eigenvalue weighted by atomic mass is 10.0. The largest absolute Gasteiger partial charge is 0.341 e. The van der Waals surface area contributed by atoms with Crippen LogP contribution < -0.4 is 10.2 Å². The molecule has 1 amide bonds. The van der Waals surface area contributed by atoms with Gasteiger partial charge in [-0.3, -0.25) is 9.59 Å². The number of benzene rings is 1. The Balaban J connectivity index is 1.88. The van der Waals surface area contributed by atoms with E-state index in [0.717, 1.165) is 17.0 Å². The van der Waals surface area contributed by atoms with Gasteiger partial charge in [0.15, 0.2) is 12.3 Å². The molecule has 1 aromatic heterocycles. The monoisotopic (exact) mass is 345 g/mol. The van der Waals surface area contributed by atoms with Gasteiger partial charge in [-0.05, 0) is 42.8 Å². The van der Waals surface area contributed by atoms with Crippen LogP contribution in [-0.2, 0) is 22.6 Å². The van der Waals surface area contributed by atoms with Crippen LogP contribution in [0.25, 0.3) is 0 Å². The molecule has 0 radical (unpaired) electrons. The van der Waals surface area contributed by atoms with Gasteiger partial charge in [0.2, 0.25) is 0 Å². The van der Waals surface area contributed by atoms with Crippen molar-refractivity contribution in [3.05, 3.63) is 57.8 Å². The lowest BCUT2D eigenvalue weighted by molar-refractivity contribution is -0.885. The summed E-state index contributed by atoms with van der Waals surface area (Å²) in [5, 5.41) is 4.96. The van der Waals surface area contributed by atoms with Crippen molar-refractivity contribution < 1.29 is 14.5 Å². The van der Waals surface area contributed by atoms with E-state index < -0.39 is 6.04 Å². The number of quaternary nitrogens is 1. The second kappa shape index (κ2) is 8.76. The van der Waals surface area contributed by atoms with E-state index in [1.807, 2.05) is 37.4 Å². The first-order valence-electron chi connectivity index (χ1n) is 8.13. The van der Waals surface area contributed by atoms with Crippen LogP contribution in [0.1, 0.15) is 22.9 Å². The third-order valence-corrected chi connectivity index (χ3v) is 5.02. The highest BCUT2D eigenvalue weighted by atomic mass is 32.1. The number of carbonyl (C=O) groups excluding carboxylic acids is 2. The number of nitrogens with one attached hydrogen (secondary N) is 2. The highest BCUT2D eigenvalue weighted by molar-refractivity contribution is 7.10. The molecule has 0 aliphatic heterocycles. The van der Waals surface area contributed by atoms with E-state index in [0.29, 0.717) is 13.0 Å². The Kier molecular flexibility index (Phi) is 6.70. The summed E-state index contributed by atoms with van der Waals surface area (Å²) in [5.74, 6) is -0.100. The van der Waals surface area contributed by atoms with Crippen LogP contribution in [0.2, 0.25) is 0 Å². The molecule has 2 N–H and O–H groups in total. The van der Waals surface area contributed by atoms with Crippen molar-refractivity contribution in [3.63, 3.8) is 0 Å². The molecule has 1 unspecified atom stereocenters. The van der Waals surface area contributed by atoms with Gasteiger partial charge in [-0.15, -0.1) is 11.3 Å². The molecule has 128 valence electrons. The van der Waals surface area contributed by atoms with Crippen molar-refractivity contribution in [2.24, 2.45) is 0 Å². The van der Waals surface area contributed by atoms with Crippen LogP contribution in [0.3, 0.4) is 0 Å². The van der Waals surface area contributed by atoms with Crippen LogP contribution in [0.4, 0.5) is 0 Å². The number of thiophene rings is 1. The predicted octanol–water partition coefficient (Wildman–Crippen LogP) is 1.39. The molecule has 0 fully saturated rings. The molecule has 24 heavy (non-hydrogen) atoms. The molecule has 0 bridgehead atoms. The van der Waals surface area contributed by atoms with Crippen LogP contribution in [0, 0.1) is 6.92 Å². The lowest BCUT2D eigenvalue weighted by Crippen LogP contribution is -3.09. The number of hydrogen-bond acceptors (Lipinski definition) is 3. The minimum Gasteiger partial charge on any atom is -0.341 e. The number of hydrogen-bond donors (Lipinski definition) is 2. The maximum absolute atomic E-state index is 12.3. The molecule has 5 heteroatoms. The second-order valence-corrected chi connectivity index (χ2v) is 7.26. The van der Waals surface area contributed by atoms with Crippen LogP contribution in [0.15, 0.2) is 41.8 Å². The molecule has 0 spiro atoms. The Morgan fingerprint density at radius 1 is 1.21 bits per heavy atom. The minimum absolute atomic E-state index is 0.0149. The van der Waals surface area contributed by atoms with Gasteiger partial charge in [0, 0.05) is 0 Å². The van der Waals surface area contributed by atoms with Gasteiger partial charge < -0.3 is 10.2 Å². The van der Waals surface area contributed by atoms with Crippen LogP contribution in [-0.4, -0.2) is 31.3 Å². The fourth-order valence-corrected chi connectivity index (χ4v) is 3.61. The zero-order valence-corrected chi connectivity index (χ0v) is 15.3. The first-order valence-corrected chi connectivity index (χ1v) is 9.01. The number of rotatable bonds is 8. The van der Waals surface area contributed by atoms with Gasteiger partial charge in [0.05, 0.1) is 18.0 Å². The van der Waals surface area contributed by atoms with Crippen molar-refractivity contribution in [2.45, 2.75) is 32.9 Å². The third-order valence-electron chi connectivity index (χ3n) is 4.00. The Morgan fingerprint density at radius 3 is 2.50 bits per heavy atom. The molecule has 0 saturated heterocycles. The number of ketones is 1. The average Bonchev–Trinajstić information content (AvgIpc) is 2.92. The molecular formula is C19H25N2O2S+. The standard InChI is InChI=1S/C19H24N2O2S/c1-14-9-10-24-18(14)12-21(3)13-19(23)20-17(15(2)22)11-16-7-5-4-6-8-16/h4-10,17H,11-13H2,1-3H3,(H,20,23)/p+1/t17-/m1/s1. The van der Waals surface area contributed by atoms with Gasteiger partial charge in [0.25, 0.3) is 5.91 Å². The molecule has 4 nitrogen and oxygen atoms in total. The highest BCUT2D eigenvalue weighted by Crippen LogP contribution is 2.13. The van der Waals surface area contributed by atoms with Gasteiger partial charge >= 0.3 is 0 Å².